The van der Waals surface area contributed by atoms with E-state index in [1.807, 2.05) is 13.8 Å². The third-order valence-electron chi connectivity index (χ3n) is 5.46. The molecule has 1 aliphatic heterocycles. The van der Waals surface area contributed by atoms with Crippen molar-refractivity contribution in [2.24, 2.45) is 23.2 Å². The van der Waals surface area contributed by atoms with Gasteiger partial charge in [0.2, 0.25) is 0 Å². The lowest BCUT2D eigenvalue weighted by Crippen LogP contribution is -2.59. The summed E-state index contributed by atoms with van der Waals surface area (Å²) in [5.41, 5.74) is -1.72. The first kappa shape index (κ1) is 12.9. The number of hydrogen-bond acceptors (Lipinski definition) is 4. The van der Waals surface area contributed by atoms with Gasteiger partial charge in [-0.25, -0.2) is 0 Å². The van der Waals surface area contributed by atoms with Crippen LogP contribution >= 0.6 is 0 Å². The van der Waals surface area contributed by atoms with Crippen LogP contribution in [0.1, 0.15) is 33.6 Å². The number of fused-ring (bicyclic) bond motifs is 3. The van der Waals surface area contributed by atoms with Crippen molar-refractivity contribution in [1.29, 1.82) is 0 Å². The van der Waals surface area contributed by atoms with E-state index in [4.69, 9.17) is 4.74 Å². The van der Waals surface area contributed by atoms with Crippen molar-refractivity contribution in [1.82, 2.24) is 0 Å². The van der Waals surface area contributed by atoms with Gasteiger partial charge in [-0.1, -0.05) is 13.8 Å². The smallest absolute Gasteiger partial charge is 0.309 e. The first-order valence-corrected chi connectivity index (χ1v) is 6.94. The zero-order chi connectivity index (χ0) is 14.0. The maximum absolute atomic E-state index is 12.3. The minimum absolute atomic E-state index is 0.0399. The minimum atomic E-state index is -1.10. The number of ketones is 1. The molecule has 0 radical (unpaired) electrons. The summed E-state index contributed by atoms with van der Waals surface area (Å²) in [6.07, 6.45) is 4.21. The molecule has 0 spiro atoms. The summed E-state index contributed by atoms with van der Waals surface area (Å²) in [7, 11) is 0. The van der Waals surface area contributed by atoms with Gasteiger partial charge in [0.25, 0.3) is 0 Å². The molecule has 1 heterocycles. The van der Waals surface area contributed by atoms with E-state index in [9.17, 15) is 14.7 Å². The van der Waals surface area contributed by atoms with Crippen LogP contribution in [0, 0.1) is 23.2 Å². The van der Waals surface area contributed by atoms with Gasteiger partial charge in [-0.2, -0.15) is 0 Å². The molecule has 4 nitrogen and oxygen atoms in total. The lowest BCUT2D eigenvalue weighted by molar-refractivity contribution is -0.167. The Morgan fingerprint density at radius 1 is 1.37 bits per heavy atom. The van der Waals surface area contributed by atoms with E-state index in [2.05, 4.69) is 0 Å². The largest absolute Gasteiger partial charge is 0.461 e. The van der Waals surface area contributed by atoms with Gasteiger partial charge in [0.15, 0.2) is 5.78 Å². The molecule has 1 saturated heterocycles. The van der Waals surface area contributed by atoms with Crippen molar-refractivity contribution in [3.63, 3.8) is 0 Å². The van der Waals surface area contributed by atoms with Gasteiger partial charge in [-0.3, -0.25) is 9.59 Å². The fourth-order valence-electron chi connectivity index (χ4n) is 4.29. The number of esters is 1. The highest BCUT2D eigenvalue weighted by molar-refractivity contribution is 5.96. The highest BCUT2D eigenvalue weighted by Crippen LogP contribution is 2.56. The highest BCUT2D eigenvalue weighted by Gasteiger charge is 2.62. The van der Waals surface area contributed by atoms with Gasteiger partial charge in [0, 0.05) is 17.3 Å². The Balaban J connectivity index is 2.07. The van der Waals surface area contributed by atoms with Crippen molar-refractivity contribution in [2.75, 3.05) is 0 Å². The van der Waals surface area contributed by atoms with E-state index in [1.165, 1.54) is 6.08 Å². The summed E-state index contributed by atoms with van der Waals surface area (Å²) < 4.78 is 5.51. The van der Waals surface area contributed by atoms with Crippen molar-refractivity contribution >= 4 is 11.8 Å². The molecule has 2 fully saturated rings. The molecular weight excluding hydrogens is 244 g/mol. The van der Waals surface area contributed by atoms with Crippen LogP contribution in [0.2, 0.25) is 0 Å². The fraction of sp³-hybridized carbons (Fsp3) is 0.733. The number of rotatable bonds is 0. The number of allylic oxidation sites excluding steroid dienone is 1. The molecule has 3 rings (SSSR count). The van der Waals surface area contributed by atoms with E-state index in [1.54, 1.807) is 13.0 Å². The van der Waals surface area contributed by atoms with Crippen LogP contribution in [0.5, 0.6) is 0 Å². The summed E-state index contributed by atoms with van der Waals surface area (Å²) in [6, 6.07) is 0. The predicted octanol–water partition coefficient (Wildman–Crippen LogP) is 1.47. The Labute approximate surface area is 112 Å². The van der Waals surface area contributed by atoms with E-state index in [0.29, 0.717) is 6.42 Å². The normalized spacial score (nSPS) is 52.6. The van der Waals surface area contributed by atoms with Gasteiger partial charge in [-0.05, 0) is 31.9 Å². The van der Waals surface area contributed by atoms with Crippen LogP contribution in [0.25, 0.3) is 0 Å². The number of carbonyl (C=O) groups excluding carboxylic acids is 2. The van der Waals surface area contributed by atoms with Crippen LogP contribution < -0.4 is 0 Å². The Hall–Kier alpha value is -1.16. The average molecular weight is 264 g/mol. The second-order valence-electron chi connectivity index (χ2n) is 6.71. The lowest BCUT2D eigenvalue weighted by Gasteiger charge is -2.52. The van der Waals surface area contributed by atoms with Gasteiger partial charge in [0.05, 0.1) is 11.5 Å². The molecule has 0 aromatic carbocycles. The molecule has 0 aromatic heterocycles. The van der Waals surface area contributed by atoms with Gasteiger partial charge >= 0.3 is 5.97 Å². The second kappa shape index (κ2) is 3.69. The van der Waals surface area contributed by atoms with Crippen molar-refractivity contribution in [2.45, 2.75) is 45.3 Å². The van der Waals surface area contributed by atoms with E-state index in [-0.39, 0.29) is 35.6 Å². The second-order valence-corrected chi connectivity index (χ2v) is 6.71. The minimum Gasteiger partial charge on any atom is -0.461 e. The number of hydrogen-bond donors (Lipinski definition) is 1. The molecule has 6 atom stereocenters. The summed E-state index contributed by atoms with van der Waals surface area (Å²) in [5.74, 6) is -0.511. The Bertz CT molecular complexity index is 479. The van der Waals surface area contributed by atoms with E-state index < -0.39 is 11.0 Å². The summed E-state index contributed by atoms with van der Waals surface area (Å²) in [4.78, 5) is 24.1. The molecule has 0 amide bonds. The maximum Gasteiger partial charge on any atom is 0.309 e. The fourth-order valence-corrected chi connectivity index (χ4v) is 4.29. The Morgan fingerprint density at radius 2 is 2.05 bits per heavy atom. The molecule has 19 heavy (non-hydrogen) atoms. The van der Waals surface area contributed by atoms with Gasteiger partial charge < -0.3 is 9.84 Å². The van der Waals surface area contributed by atoms with E-state index in [0.717, 1.165) is 6.42 Å². The molecule has 1 unspecified atom stereocenters. The SMILES string of the molecule is C[C@@H]1C(=O)O[C@@H]2C3[C@@](C)(CC[C@@H]12)C(=O)C=C[C@@]3(C)O. The van der Waals surface area contributed by atoms with Gasteiger partial charge in [-0.15, -0.1) is 0 Å². The zero-order valence-corrected chi connectivity index (χ0v) is 11.6. The van der Waals surface area contributed by atoms with Crippen molar-refractivity contribution < 1.29 is 19.4 Å². The lowest BCUT2D eigenvalue weighted by atomic mass is 9.53. The Kier molecular flexibility index (Phi) is 2.50. The topological polar surface area (TPSA) is 63.6 Å². The summed E-state index contributed by atoms with van der Waals surface area (Å²) in [6.45, 7) is 5.48. The first-order valence-electron chi connectivity index (χ1n) is 6.94. The van der Waals surface area contributed by atoms with Crippen LogP contribution in [-0.2, 0) is 14.3 Å². The third kappa shape index (κ3) is 1.55. The molecule has 2 aliphatic carbocycles. The van der Waals surface area contributed by atoms with Crippen LogP contribution in [0.4, 0.5) is 0 Å². The van der Waals surface area contributed by atoms with Crippen LogP contribution in [0.3, 0.4) is 0 Å². The Morgan fingerprint density at radius 3 is 2.74 bits per heavy atom. The molecule has 1 saturated carbocycles. The molecule has 3 aliphatic rings. The maximum atomic E-state index is 12.3. The number of ether oxygens (including phenoxy) is 1. The zero-order valence-electron chi connectivity index (χ0n) is 11.6. The molecular formula is C15H20O4. The van der Waals surface area contributed by atoms with E-state index >= 15 is 0 Å². The third-order valence-corrected chi connectivity index (χ3v) is 5.46. The highest BCUT2D eigenvalue weighted by atomic mass is 16.6. The van der Waals surface area contributed by atoms with Crippen LogP contribution in [0.15, 0.2) is 12.2 Å². The molecule has 104 valence electrons. The average Bonchev–Trinajstić information content (AvgIpc) is 2.60. The molecule has 0 bridgehead atoms. The number of aliphatic hydroxyl groups is 1. The van der Waals surface area contributed by atoms with Crippen molar-refractivity contribution in [3.05, 3.63) is 12.2 Å². The molecule has 1 N–H and O–H groups in total. The first-order chi connectivity index (χ1) is 8.77. The van der Waals surface area contributed by atoms with Crippen LogP contribution in [-0.4, -0.2) is 28.6 Å². The summed E-state index contributed by atoms with van der Waals surface area (Å²) >= 11 is 0. The number of carbonyl (C=O) groups is 2. The molecule has 0 aromatic rings. The van der Waals surface area contributed by atoms with Crippen molar-refractivity contribution in [3.8, 4) is 0 Å². The summed E-state index contributed by atoms with van der Waals surface area (Å²) in [5, 5.41) is 10.6. The van der Waals surface area contributed by atoms with Gasteiger partial charge in [0.1, 0.15) is 6.10 Å². The quantitative estimate of drug-likeness (QED) is 0.673. The molecule has 4 heteroatoms. The standard InChI is InChI=1S/C15H20O4/c1-8-9-4-6-14(2)10(16)5-7-15(3,18)12(14)11(9)19-13(8)17/h5,7-9,11-12,18H,4,6H2,1-3H3/t8-,9-,11-,12?,14-,15+/m0/s1. The monoisotopic (exact) mass is 264 g/mol. The predicted molar refractivity (Wildman–Crippen MR) is 68.1 cm³/mol.